The molecule has 6 nitrogen and oxygen atoms in total. The van der Waals surface area contributed by atoms with Crippen molar-refractivity contribution in [2.24, 2.45) is 10.7 Å². The van der Waals surface area contributed by atoms with Crippen molar-refractivity contribution in [3.05, 3.63) is 64.9 Å². The van der Waals surface area contributed by atoms with E-state index in [9.17, 15) is 5.11 Å². The topological polar surface area (TPSA) is 115 Å². The fourth-order valence-electron chi connectivity index (χ4n) is 2.23. The Morgan fingerprint density at radius 3 is 2.89 bits per heavy atom. The van der Waals surface area contributed by atoms with Crippen molar-refractivity contribution >= 4 is 29.4 Å². The predicted octanol–water partition coefficient (Wildman–Crippen LogP) is 3.40. The van der Waals surface area contributed by atoms with Crippen LogP contribution in [0.5, 0.6) is 0 Å². The van der Waals surface area contributed by atoms with Crippen LogP contribution in [-0.2, 0) is 5.75 Å². The molecule has 1 unspecified atom stereocenters. The van der Waals surface area contributed by atoms with Gasteiger partial charge in [-0.3, -0.25) is 4.99 Å². The highest BCUT2D eigenvalue weighted by Crippen LogP contribution is 2.28. The second-order valence-corrected chi connectivity index (χ2v) is 6.84. The standard InChI is InChI=1S/C19H24N4OS.CH4O/c1-3-6-18(21)19(2,24)23-15-8-4-7-14(11-15)13-25-17-12-22-10-5-9-16(17)20;1-2/h3-4,6-12,21,23-24H,5,13,20H2,1-2H3;2H,1H3/b6-3+,21-18?;. The summed E-state index contributed by atoms with van der Waals surface area (Å²) in [5, 5.41) is 28.3. The van der Waals surface area contributed by atoms with Crippen LogP contribution in [0.2, 0.25) is 0 Å². The third-order valence-corrected chi connectivity index (χ3v) is 4.72. The number of aliphatic hydroxyl groups is 2. The first kappa shape index (κ1) is 22.7. The Bertz CT molecular complexity index is 752. The van der Waals surface area contributed by atoms with Crippen molar-refractivity contribution in [3.8, 4) is 0 Å². The van der Waals surface area contributed by atoms with E-state index in [0.717, 1.165) is 41.1 Å². The molecule has 1 heterocycles. The van der Waals surface area contributed by atoms with Crippen LogP contribution in [0, 0.1) is 5.41 Å². The number of hydrogen-bond donors (Lipinski definition) is 5. The molecule has 1 aromatic rings. The van der Waals surface area contributed by atoms with Crippen LogP contribution in [0.1, 0.15) is 25.8 Å². The van der Waals surface area contributed by atoms with Gasteiger partial charge in [-0.15, -0.1) is 11.8 Å². The zero-order chi connectivity index (χ0) is 20.3. The van der Waals surface area contributed by atoms with Gasteiger partial charge < -0.3 is 26.7 Å². The van der Waals surface area contributed by atoms with Gasteiger partial charge in [0.2, 0.25) is 0 Å². The van der Waals surface area contributed by atoms with Gasteiger partial charge in [-0.1, -0.05) is 24.3 Å². The quantitative estimate of drug-likeness (QED) is 0.363. The maximum absolute atomic E-state index is 10.4. The van der Waals surface area contributed by atoms with E-state index in [-0.39, 0.29) is 5.71 Å². The monoisotopic (exact) mass is 388 g/mol. The van der Waals surface area contributed by atoms with Crippen LogP contribution in [0.4, 0.5) is 5.69 Å². The normalized spacial score (nSPS) is 15.7. The van der Waals surface area contributed by atoms with Crippen molar-refractivity contribution in [2.75, 3.05) is 12.4 Å². The molecule has 2 rings (SSSR count). The van der Waals surface area contributed by atoms with E-state index < -0.39 is 5.72 Å². The van der Waals surface area contributed by atoms with Crippen LogP contribution in [0.15, 0.2) is 64.3 Å². The summed E-state index contributed by atoms with van der Waals surface area (Å²) >= 11 is 1.62. The lowest BCUT2D eigenvalue weighted by Gasteiger charge is -2.25. The molecule has 0 aromatic heterocycles. The van der Waals surface area contributed by atoms with E-state index in [1.807, 2.05) is 43.5 Å². The number of thioether (sulfide) groups is 1. The van der Waals surface area contributed by atoms with E-state index in [2.05, 4.69) is 10.3 Å². The maximum atomic E-state index is 10.4. The Labute approximate surface area is 165 Å². The maximum Gasteiger partial charge on any atom is 0.175 e. The minimum Gasteiger partial charge on any atom is -0.400 e. The summed E-state index contributed by atoms with van der Waals surface area (Å²) in [6, 6.07) is 7.77. The van der Waals surface area contributed by atoms with E-state index in [0.29, 0.717) is 0 Å². The molecular formula is C20H28N4O2S. The number of aliphatic hydroxyl groups excluding tert-OH is 1. The Balaban J connectivity index is 0.00000176. The summed E-state index contributed by atoms with van der Waals surface area (Å²) in [5.41, 5.74) is 7.31. The van der Waals surface area contributed by atoms with E-state index in [4.69, 9.17) is 16.2 Å². The third-order valence-electron chi connectivity index (χ3n) is 3.59. The molecule has 0 spiro atoms. The van der Waals surface area contributed by atoms with Gasteiger partial charge in [-0.2, -0.15) is 0 Å². The molecule has 1 atom stereocenters. The number of allylic oxidation sites excluding steroid dienone is 2. The largest absolute Gasteiger partial charge is 0.400 e. The molecule has 0 aliphatic carbocycles. The van der Waals surface area contributed by atoms with Crippen LogP contribution < -0.4 is 11.1 Å². The predicted molar refractivity (Wildman–Crippen MR) is 116 cm³/mol. The van der Waals surface area contributed by atoms with Crippen molar-refractivity contribution in [1.29, 1.82) is 5.41 Å². The molecule has 7 heteroatoms. The summed E-state index contributed by atoms with van der Waals surface area (Å²) in [7, 11) is 1.00. The molecule has 146 valence electrons. The first-order valence-corrected chi connectivity index (χ1v) is 9.47. The fraction of sp³-hybridized carbons (Fsp3) is 0.300. The second-order valence-electron chi connectivity index (χ2n) is 5.82. The summed E-state index contributed by atoms with van der Waals surface area (Å²) in [5.74, 6) is 0.736. The summed E-state index contributed by atoms with van der Waals surface area (Å²) in [6.45, 7) is 3.38. The lowest BCUT2D eigenvalue weighted by molar-refractivity contribution is 0.163. The van der Waals surface area contributed by atoms with E-state index >= 15 is 0 Å². The Morgan fingerprint density at radius 2 is 2.19 bits per heavy atom. The fourth-order valence-corrected chi connectivity index (χ4v) is 3.12. The number of nitrogens with two attached hydrogens (primary N) is 1. The molecule has 0 saturated heterocycles. The molecule has 1 aliphatic heterocycles. The average Bonchev–Trinajstić information content (AvgIpc) is 2.86. The molecule has 0 fully saturated rings. The number of nitrogens with one attached hydrogen (secondary N) is 2. The lowest BCUT2D eigenvalue weighted by Crippen LogP contribution is -2.41. The van der Waals surface area contributed by atoms with Crippen LogP contribution in [0.3, 0.4) is 0 Å². The highest BCUT2D eigenvalue weighted by Gasteiger charge is 2.24. The molecule has 1 aliphatic rings. The molecular weight excluding hydrogens is 360 g/mol. The number of benzene rings is 1. The zero-order valence-electron chi connectivity index (χ0n) is 15.9. The molecule has 0 amide bonds. The van der Waals surface area contributed by atoms with Crippen molar-refractivity contribution < 1.29 is 10.2 Å². The smallest absolute Gasteiger partial charge is 0.175 e. The highest BCUT2D eigenvalue weighted by atomic mass is 32.2. The van der Waals surface area contributed by atoms with Gasteiger partial charge >= 0.3 is 0 Å². The van der Waals surface area contributed by atoms with Crippen molar-refractivity contribution in [3.63, 3.8) is 0 Å². The van der Waals surface area contributed by atoms with Gasteiger partial charge in [0.25, 0.3) is 0 Å². The lowest BCUT2D eigenvalue weighted by atomic mass is 10.1. The van der Waals surface area contributed by atoms with Crippen LogP contribution in [-0.4, -0.2) is 35.0 Å². The Morgan fingerprint density at radius 1 is 1.44 bits per heavy atom. The minimum atomic E-state index is -1.43. The van der Waals surface area contributed by atoms with Gasteiger partial charge in [0.1, 0.15) is 0 Å². The molecule has 6 N–H and O–H groups in total. The van der Waals surface area contributed by atoms with E-state index in [1.54, 1.807) is 37.0 Å². The van der Waals surface area contributed by atoms with Crippen molar-refractivity contribution in [2.45, 2.75) is 31.7 Å². The van der Waals surface area contributed by atoms with Gasteiger partial charge in [-0.25, -0.2) is 0 Å². The number of anilines is 1. The van der Waals surface area contributed by atoms with Crippen LogP contribution >= 0.6 is 11.8 Å². The SMILES string of the molecule is C/C=C/C(=N)C(C)(O)Nc1cccc(CSC2=CN=CCC=C2N)c1.CO. The second kappa shape index (κ2) is 11.4. The molecule has 1 aromatic carbocycles. The van der Waals surface area contributed by atoms with Crippen LogP contribution in [0.25, 0.3) is 0 Å². The summed E-state index contributed by atoms with van der Waals surface area (Å²) in [4.78, 5) is 5.16. The number of nitrogens with zero attached hydrogens (tertiary/aromatic N) is 1. The van der Waals surface area contributed by atoms with Gasteiger partial charge in [0, 0.05) is 48.0 Å². The average molecular weight is 389 g/mol. The van der Waals surface area contributed by atoms with Gasteiger partial charge in [-0.05, 0) is 37.6 Å². The summed E-state index contributed by atoms with van der Waals surface area (Å²) in [6.07, 6.45) is 9.62. The highest BCUT2D eigenvalue weighted by molar-refractivity contribution is 8.02. The summed E-state index contributed by atoms with van der Waals surface area (Å²) < 4.78 is 0. The van der Waals surface area contributed by atoms with Gasteiger partial charge in [0.15, 0.2) is 5.72 Å². The number of rotatable bonds is 7. The number of aliphatic imine (C=N–C) groups is 1. The molecule has 27 heavy (non-hydrogen) atoms. The Kier molecular flexibility index (Phi) is 9.56. The minimum absolute atomic E-state index is 0.106. The zero-order valence-corrected chi connectivity index (χ0v) is 16.8. The first-order valence-electron chi connectivity index (χ1n) is 8.49. The molecule has 0 saturated carbocycles. The van der Waals surface area contributed by atoms with Crippen molar-refractivity contribution in [1.82, 2.24) is 0 Å². The Hall–Kier alpha value is -2.35. The first-order chi connectivity index (χ1) is 12.9. The van der Waals surface area contributed by atoms with Gasteiger partial charge in [0.05, 0.1) is 5.71 Å². The van der Waals surface area contributed by atoms with E-state index in [1.165, 1.54) is 0 Å². The third kappa shape index (κ3) is 7.42. The number of hydrogen-bond acceptors (Lipinski definition) is 7. The molecule has 0 radical (unpaired) electrons. The molecule has 0 bridgehead atoms.